The van der Waals surface area contributed by atoms with Crippen LogP contribution in [-0.2, 0) is 18.3 Å². The van der Waals surface area contributed by atoms with Gasteiger partial charge in [-0.25, -0.2) is 4.79 Å². The fraction of sp³-hybridized carbons (Fsp3) is 0.367. The predicted octanol–water partition coefficient (Wildman–Crippen LogP) is 5.23. The second kappa shape index (κ2) is 10.4. The van der Waals surface area contributed by atoms with Crippen LogP contribution in [0.5, 0.6) is 5.75 Å². The molecule has 2 aromatic carbocycles. The van der Waals surface area contributed by atoms with Crippen molar-refractivity contribution in [3.05, 3.63) is 82.9 Å². The van der Waals surface area contributed by atoms with Gasteiger partial charge in [-0.1, -0.05) is 42.5 Å². The molecule has 0 unspecified atom stereocenters. The normalized spacial score (nSPS) is 14.6. The highest BCUT2D eigenvalue weighted by Crippen LogP contribution is 2.33. The quantitative estimate of drug-likeness (QED) is 0.365. The van der Waals surface area contributed by atoms with Crippen molar-refractivity contribution >= 4 is 17.0 Å². The second-order valence-corrected chi connectivity index (χ2v) is 10.8. The first-order valence-electron chi connectivity index (χ1n) is 13.0. The highest BCUT2D eigenvalue weighted by atomic mass is 16.6. The number of carbonyl (C=O) groups excluding carboxylic acids is 1. The van der Waals surface area contributed by atoms with Gasteiger partial charge in [0.1, 0.15) is 17.5 Å². The zero-order chi connectivity index (χ0) is 26.9. The van der Waals surface area contributed by atoms with E-state index in [4.69, 9.17) is 9.47 Å². The van der Waals surface area contributed by atoms with Crippen LogP contribution in [0.4, 0.5) is 4.79 Å². The van der Waals surface area contributed by atoms with Gasteiger partial charge in [0.05, 0.1) is 18.3 Å². The van der Waals surface area contributed by atoms with E-state index < -0.39 is 5.60 Å². The molecule has 1 amide bonds. The van der Waals surface area contributed by atoms with Crippen LogP contribution < -0.4 is 10.3 Å². The zero-order valence-corrected chi connectivity index (χ0v) is 22.4. The molecule has 8 nitrogen and oxygen atoms in total. The molecular weight excluding hydrogens is 480 g/mol. The summed E-state index contributed by atoms with van der Waals surface area (Å²) in [6.45, 7) is 7.36. The van der Waals surface area contributed by atoms with Crippen LogP contribution in [0.2, 0.25) is 0 Å². The lowest BCUT2D eigenvalue weighted by Crippen LogP contribution is -2.44. The van der Waals surface area contributed by atoms with Gasteiger partial charge in [-0.3, -0.25) is 9.48 Å². The smallest absolute Gasteiger partial charge is 0.410 e. The molecule has 3 heterocycles. The Bertz CT molecular complexity index is 1490. The summed E-state index contributed by atoms with van der Waals surface area (Å²) in [5.74, 6) is 0.553. The maximum atomic E-state index is 12.6. The molecule has 4 aromatic rings. The van der Waals surface area contributed by atoms with Crippen LogP contribution in [0.15, 0.2) is 71.8 Å². The van der Waals surface area contributed by atoms with Crippen molar-refractivity contribution in [3.63, 3.8) is 0 Å². The van der Waals surface area contributed by atoms with Gasteiger partial charge in [0.2, 0.25) is 0 Å². The van der Waals surface area contributed by atoms with Gasteiger partial charge in [0, 0.05) is 56.2 Å². The molecule has 8 heteroatoms. The lowest BCUT2D eigenvalue weighted by molar-refractivity contribution is 0.0127. The van der Waals surface area contributed by atoms with E-state index in [1.807, 2.05) is 68.2 Å². The van der Waals surface area contributed by atoms with Crippen molar-refractivity contribution in [3.8, 4) is 16.9 Å². The lowest BCUT2D eigenvalue weighted by Gasteiger charge is -2.33. The number of likely N-dealkylation sites (tertiary alicyclic amines) is 1. The molecule has 1 fully saturated rings. The number of benzene rings is 2. The van der Waals surface area contributed by atoms with Gasteiger partial charge in [0.25, 0.3) is 5.56 Å². The molecule has 0 N–H and O–H groups in total. The number of amides is 1. The monoisotopic (exact) mass is 514 g/mol. The van der Waals surface area contributed by atoms with Crippen molar-refractivity contribution in [2.45, 2.75) is 51.9 Å². The Morgan fingerprint density at radius 1 is 1.05 bits per heavy atom. The molecule has 1 aliphatic rings. The largest absolute Gasteiger partial charge is 0.489 e. The van der Waals surface area contributed by atoms with Crippen molar-refractivity contribution in [1.82, 2.24) is 19.2 Å². The SMILES string of the molecule is Cn1cc(-c2ccc3cnn(Cc4ccccc4)c3c2)c(OC2CCN(C(=O)OC(C)(C)C)CC2)cc1=O. The van der Waals surface area contributed by atoms with Crippen molar-refractivity contribution in [1.29, 1.82) is 0 Å². The number of pyridine rings is 1. The number of fused-ring (bicyclic) bond motifs is 1. The molecule has 1 saturated heterocycles. The molecule has 0 bridgehead atoms. The molecule has 0 radical (unpaired) electrons. The molecule has 0 saturated carbocycles. The first-order valence-corrected chi connectivity index (χ1v) is 13.0. The van der Waals surface area contributed by atoms with E-state index in [0.717, 1.165) is 22.0 Å². The Morgan fingerprint density at radius 3 is 2.50 bits per heavy atom. The summed E-state index contributed by atoms with van der Waals surface area (Å²) in [6, 6.07) is 18.0. The summed E-state index contributed by atoms with van der Waals surface area (Å²) in [6.07, 6.45) is 4.62. The van der Waals surface area contributed by atoms with Gasteiger partial charge >= 0.3 is 6.09 Å². The molecule has 38 heavy (non-hydrogen) atoms. The van der Waals surface area contributed by atoms with Crippen LogP contribution in [-0.4, -0.2) is 50.1 Å². The summed E-state index contributed by atoms with van der Waals surface area (Å²) < 4.78 is 15.5. The maximum Gasteiger partial charge on any atom is 0.410 e. The number of aromatic nitrogens is 3. The van der Waals surface area contributed by atoms with Gasteiger partial charge in [-0.15, -0.1) is 0 Å². The third-order valence-electron chi connectivity index (χ3n) is 6.71. The van der Waals surface area contributed by atoms with E-state index in [2.05, 4.69) is 23.3 Å². The van der Waals surface area contributed by atoms with Crippen LogP contribution in [0.25, 0.3) is 22.0 Å². The Kier molecular flexibility index (Phi) is 6.97. The zero-order valence-electron chi connectivity index (χ0n) is 22.4. The predicted molar refractivity (Wildman–Crippen MR) is 147 cm³/mol. The number of rotatable bonds is 5. The van der Waals surface area contributed by atoms with E-state index in [-0.39, 0.29) is 17.8 Å². The van der Waals surface area contributed by atoms with Gasteiger partial charge in [-0.05, 0) is 38.0 Å². The van der Waals surface area contributed by atoms with Crippen LogP contribution in [0.3, 0.4) is 0 Å². The van der Waals surface area contributed by atoms with E-state index in [0.29, 0.717) is 38.2 Å². The first kappa shape index (κ1) is 25.6. The maximum absolute atomic E-state index is 12.6. The molecule has 5 rings (SSSR count). The molecule has 0 spiro atoms. The van der Waals surface area contributed by atoms with E-state index in [9.17, 15) is 9.59 Å². The first-order chi connectivity index (χ1) is 18.2. The summed E-state index contributed by atoms with van der Waals surface area (Å²) in [4.78, 5) is 26.7. The Hall–Kier alpha value is -4.07. The van der Waals surface area contributed by atoms with Crippen LogP contribution in [0, 0.1) is 0 Å². The molecule has 0 aliphatic carbocycles. The van der Waals surface area contributed by atoms with Gasteiger partial charge in [-0.2, -0.15) is 5.10 Å². The third-order valence-corrected chi connectivity index (χ3v) is 6.71. The Morgan fingerprint density at radius 2 is 1.79 bits per heavy atom. The van der Waals surface area contributed by atoms with E-state index >= 15 is 0 Å². The molecule has 0 atom stereocenters. The minimum absolute atomic E-state index is 0.105. The van der Waals surface area contributed by atoms with E-state index in [1.54, 1.807) is 22.6 Å². The summed E-state index contributed by atoms with van der Waals surface area (Å²) >= 11 is 0. The standard InChI is InChI=1S/C30H34N4O4/c1-30(2,3)38-29(36)33-14-12-24(13-15-33)37-27-17-28(35)32(4)20-25(27)22-10-11-23-18-31-34(26(23)16-22)19-21-8-6-5-7-9-21/h5-11,16-18,20,24H,12-15,19H2,1-4H3. The van der Waals surface area contributed by atoms with Crippen molar-refractivity contribution < 1.29 is 14.3 Å². The molecule has 1 aliphatic heterocycles. The third kappa shape index (κ3) is 5.74. The van der Waals surface area contributed by atoms with E-state index in [1.165, 1.54) is 5.56 Å². The minimum Gasteiger partial charge on any atom is -0.489 e. The average molecular weight is 515 g/mol. The number of ether oxygens (including phenoxy) is 2. The van der Waals surface area contributed by atoms with Crippen LogP contribution in [0.1, 0.15) is 39.2 Å². The van der Waals surface area contributed by atoms with Crippen LogP contribution >= 0.6 is 0 Å². The molecule has 2 aromatic heterocycles. The fourth-order valence-electron chi connectivity index (χ4n) is 4.71. The lowest BCUT2D eigenvalue weighted by atomic mass is 10.0. The average Bonchev–Trinajstić information content (AvgIpc) is 3.28. The Balaban J connectivity index is 1.38. The number of piperidine rings is 1. The molecule has 198 valence electrons. The second-order valence-electron chi connectivity index (χ2n) is 10.8. The van der Waals surface area contributed by atoms with Crippen molar-refractivity contribution in [2.75, 3.05) is 13.1 Å². The highest BCUT2D eigenvalue weighted by molar-refractivity contribution is 5.85. The summed E-state index contributed by atoms with van der Waals surface area (Å²) in [5.41, 5.74) is 3.31. The summed E-state index contributed by atoms with van der Waals surface area (Å²) in [5, 5.41) is 5.65. The molecular formula is C30H34N4O4. The number of nitrogens with zero attached hydrogens (tertiary/aromatic N) is 4. The summed E-state index contributed by atoms with van der Waals surface area (Å²) in [7, 11) is 1.74. The van der Waals surface area contributed by atoms with Crippen molar-refractivity contribution in [2.24, 2.45) is 7.05 Å². The minimum atomic E-state index is -0.527. The number of hydrogen-bond acceptors (Lipinski definition) is 5. The number of hydrogen-bond donors (Lipinski definition) is 0. The fourth-order valence-corrected chi connectivity index (χ4v) is 4.71. The topological polar surface area (TPSA) is 78.6 Å². The highest BCUT2D eigenvalue weighted by Gasteiger charge is 2.28. The van der Waals surface area contributed by atoms with Gasteiger partial charge in [0.15, 0.2) is 0 Å². The Labute approximate surface area is 222 Å². The number of carbonyl (C=O) groups is 1. The van der Waals surface area contributed by atoms with Gasteiger partial charge < -0.3 is 18.9 Å². The number of aryl methyl sites for hydroxylation is 1.